The van der Waals surface area contributed by atoms with E-state index < -0.39 is 0 Å². The average molecular weight is 245 g/mol. The summed E-state index contributed by atoms with van der Waals surface area (Å²) in [5, 5.41) is 7.00. The molecular formula is C13H15N3O2. The largest absolute Gasteiger partial charge is 0.384 e. The van der Waals surface area contributed by atoms with Crippen LogP contribution in [0.1, 0.15) is 6.42 Å². The van der Waals surface area contributed by atoms with Gasteiger partial charge >= 0.3 is 0 Å². The van der Waals surface area contributed by atoms with Crippen molar-refractivity contribution in [3.05, 3.63) is 42.6 Å². The van der Waals surface area contributed by atoms with Gasteiger partial charge < -0.3 is 10.1 Å². The number of anilines is 1. The van der Waals surface area contributed by atoms with Crippen LogP contribution in [0.25, 0.3) is 5.69 Å². The van der Waals surface area contributed by atoms with Gasteiger partial charge in [0.15, 0.2) is 0 Å². The van der Waals surface area contributed by atoms with E-state index in [0.29, 0.717) is 18.8 Å². The Hall–Kier alpha value is -2.14. The minimum atomic E-state index is -0.0884. The fourth-order valence-electron chi connectivity index (χ4n) is 1.57. The van der Waals surface area contributed by atoms with E-state index in [4.69, 9.17) is 4.74 Å². The van der Waals surface area contributed by atoms with Gasteiger partial charge in [0.05, 0.1) is 24.9 Å². The van der Waals surface area contributed by atoms with Gasteiger partial charge in [-0.3, -0.25) is 4.79 Å². The third-order valence-corrected chi connectivity index (χ3v) is 2.44. The molecule has 94 valence electrons. The first-order valence-corrected chi connectivity index (χ1v) is 5.69. The summed E-state index contributed by atoms with van der Waals surface area (Å²) in [4.78, 5) is 11.6. The second-order valence-corrected chi connectivity index (χ2v) is 3.75. The molecule has 1 amide bonds. The minimum Gasteiger partial charge on any atom is -0.384 e. The van der Waals surface area contributed by atoms with Crippen molar-refractivity contribution in [2.24, 2.45) is 0 Å². The summed E-state index contributed by atoms with van der Waals surface area (Å²) in [6, 6.07) is 11.4. The molecule has 0 saturated heterocycles. The zero-order valence-corrected chi connectivity index (χ0v) is 10.2. The number of nitrogens with zero attached hydrogens (tertiary/aromatic N) is 2. The number of amides is 1. The number of nitrogens with one attached hydrogen (secondary N) is 1. The van der Waals surface area contributed by atoms with Gasteiger partial charge in [0.1, 0.15) is 5.82 Å². The highest BCUT2D eigenvalue weighted by Gasteiger charge is 2.08. The van der Waals surface area contributed by atoms with Crippen LogP contribution in [0, 0.1) is 0 Å². The van der Waals surface area contributed by atoms with Crippen LogP contribution < -0.4 is 5.32 Å². The van der Waals surface area contributed by atoms with Crippen LogP contribution in [0.3, 0.4) is 0 Å². The van der Waals surface area contributed by atoms with Crippen LogP contribution in [-0.4, -0.2) is 29.4 Å². The maximum Gasteiger partial charge on any atom is 0.227 e. The molecule has 0 bridgehead atoms. The number of para-hydroxylation sites is 1. The lowest BCUT2D eigenvalue weighted by atomic mass is 10.3. The molecule has 0 unspecified atom stereocenters. The number of rotatable bonds is 5. The second-order valence-electron chi connectivity index (χ2n) is 3.75. The molecule has 1 aromatic heterocycles. The van der Waals surface area contributed by atoms with Gasteiger partial charge in [-0.1, -0.05) is 18.2 Å². The zero-order chi connectivity index (χ0) is 12.8. The van der Waals surface area contributed by atoms with E-state index in [0.717, 1.165) is 5.69 Å². The smallest absolute Gasteiger partial charge is 0.227 e. The highest BCUT2D eigenvalue weighted by Crippen LogP contribution is 2.14. The number of ether oxygens (including phenoxy) is 1. The number of methoxy groups -OCH3 is 1. The van der Waals surface area contributed by atoms with Gasteiger partial charge in [0, 0.05) is 13.2 Å². The van der Waals surface area contributed by atoms with Crippen LogP contribution in [-0.2, 0) is 9.53 Å². The molecule has 0 aliphatic carbocycles. The van der Waals surface area contributed by atoms with Gasteiger partial charge in [-0.15, -0.1) is 0 Å². The van der Waals surface area contributed by atoms with E-state index in [1.807, 2.05) is 30.3 Å². The molecular weight excluding hydrogens is 230 g/mol. The second kappa shape index (κ2) is 5.97. The van der Waals surface area contributed by atoms with Crippen molar-refractivity contribution in [2.45, 2.75) is 6.42 Å². The van der Waals surface area contributed by atoms with Crippen LogP contribution >= 0.6 is 0 Å². The normalized spacial score (nSPS) is 10.3. The molecule has 0 spiro atoms. The van der Waals surface area contributed by atoms with E-state index in [1.165, 1.54) is 0 Å². The molecule has 2 aromatic rings. The first-order valence-electron chi connectivity index (χ1n) is 5.69. The Bertz CT molecular complexity index is 508. The Morgan fingerprint density at radius 2 is 2.11 bits per heavy atom. The zero-order valence-electron chi connectivity index (χ0n) is 10.2. The Kier molecular flexibility index (Phi) is 4.09. The molecule has 0 aliphatic heterocycles. The monoisotopic (exact) mass is 245 g/mol. The number of aromatic nitrogens is 2. The molecule has 5 nitrogen and oxygen atoms in total. The molecule has 0 atom stereocenters. The van der Waals surface area contributed by atoms with Crippen LogP contribution in [0.15, 0.2) is 42.6 Å². The molecule has 0 saturated carbocycles. The Morgan fingerprint density at radius 1 is 1.33 bits per heavy atom. The van der Waals surface area contributed by atoms with Crippen molar-refractivity contribution >= 4 is 11.7 Å². The summed E-state index contributed by atoms with van der Waals surface area (Å²) < 4.78 is 6.55. The summed E-state index contributed by atoms with van der Waals surface area (Å²) >= 11 is 0. The van der Waals surface area contributed by atoms with Gasteiger partial charge in [-0.05, 0) is 12.1 Å². The first kappa shape index (κ1) is 12.3. The highest BCUT2D eigenvalue weighted by molar-refractivity contribution is 5.90. The minimum absolute atomic E-state index is 0.0884. The molecule has 1 heterocycles. The van der Waals surface area contributed by atoms with Crippen molar-refractivity contribution < 1.29 is 9.53 Å². The van der Waals surface area contributed by atoms with E-state index in [1.54, 1.807) is 24.1 Å². The van der Waals surface area contributed by atoms with Gasteiger partial charge in [0.25, 0.3) is 0 Å². The van der Waals surface area contributed by atoms with Crippen molar-refractivity contribution in [3.63, 3.8) is 0 Å². The lowest BCUT2D eigenvalue weighted by Crippen LogP contribution is -2.16. The SMILES string of the molecule is COCCC(=O)Nc1ccnn1-c1ccccc1. The summed E-state index contributed by atoms with van der Waals surface area (Å²) in [5.41, 5.74) is 0.907. The summed E-state index contributed by atoms with van der Waals surface area (Å²) in [6.45, 7) is 0.408. The van der Waals surface area contributed by atoms with E-state index in [-0.39, 0.29) is 5.91 Å². The molecule has 18 heavy (non-hydrogen) atoms. The lowest BCUT2D eigenvalue weighted by molar-refractivity contribution is -0.117. The quantitative estimate of drug-likeness (QED) is 0.874. The third kappa shape index (κ3) is 2.95. The standard InChI is InChI=1S/C13H15N3O2/c1-18-10-8-13(17)15-12-7-9-14-16(12)11-5-3-2-4-6-11/h2-7,9H,8,10H2,1H3,(H,15,17). The summed E-state index contributed by atoms with van der Waals surface area (Å²) in [6.07, 6.45) is 1.98. The molecule has 1 N–H and O–H groups in total. The summed E-state index contributed by atoms with van der Waals surface area (Å²) in [7, 11) is 1.57. The van der Waals surface area contributed by atoms with E-state index in [2.05, 4.69) is 10.4 Å². The molecule has 0 radical (unpaired) electrons. The van der Waals surface area contributed by atoms with Crippen molar-refractivity contribution in [3.8, 4) is 5.69 Å². The van der Waals surface area contributed by atoms with Crippen molar-refractivity contribution in [2.75, 3.05) is 19.0 Å². The number of carbonyl (C=O) groups is 1. The van der Waals surface area contributed by atoms with Crippen molar-refractivity contribution in [1.82, 2.24) is 9.78 Å². The van der Waals surface area contributed by atoms with Crippen LogP contribution in [0.4, 0.5) is 5.82 Å². The van der Waals surface area contributed by atoms with E-state index >= 15 is 0 Å². The van der Waals surface area contributed by atoms with Gasteiger partial charge in [-0.2, -0.15) is 5.10 Å². The molecule has 2 rings (SSSR count). The number of benzene rings is 1. The molecule has 5 heteroatoms. The Labute approximate surface area is 105 Å². The average Bonchev–Trinajstić information content (AvgIpc) is 2.85. The lowest BCUT2D eigenvalue weighted by Gasteiger charge is -2.08. The van der Waals surface area contributed by atoms with Gasteiger partial charge in [0.2, 0.25) is 5.91 Å². The fourth-order valence-corrected chi connectivity index (χ4v) is 1.57. The molecule has 0 fully saturated rings. The topological polar surface area (TPSA) is 56.1 Å². The third-order valence-electron chi connectivity index (χ3n) is 2.44. The predicted molar refractivity (Wildman–Crippen MR) is 68.7 cm³/mol. The predicted octanol–water partition coefficient (Wildman–Crippen LogP) is 1.85. The first-order chi connectivity index (χ1) is 8.81. The molecule has 1 aromatic carbocycles. The number of hydrogen-bond donors (Lipinski definition) is 1. The maximum absolute atomic E-state index is 11.6. The Balaban J connectivity index is 2.11. The summed E-state index contributed by atoms with van der Waals surface area (Å²) in [5.74, 6) is 0.567. The van der Waals surface area contributed by atoms with Gasteiger partial charge in [-0.25, -0.2) is 4.68 Å². The van der Waals surface area contributed by atoms with Crippen LogP contribution in [0.2, 0.25) is 0 Å². The number of hydrogen-bond acceptors (Lipinski definition) is 3. The Morgan fingerprint density at radius 3 is 2.83 bits per heavy atom. The highest BCUT2D eigenvalue weighted by atomic mass is 16.5. The number of carbonyl (C=O) groups excluding carboxylic acids is 1. The van der Waals surface area contributed by atoms with E-state index in [9.17, 15) is 4.79 Å². The molecule has 0 aliphatic rings. The van der Waals surface area contributed by atoms with Crippen molar-refractivity contribution in [1.29, 1.82) is 0 Å². The fraction of sp³-hybridized carbons (Fsp3) is 0.231. The maximum atomic E-state index is 11.6. The van der Waals surface area contributed by atoms with Crippen LogP contribution in [0.5, 0.6) is 0 Å².